The van der Waals surface area contributed by atoms with Gasteiger partial charge < -0.3 is 4.48 Å². The molecule has 1 aromatic carbocycles. The normalized spacial score (nSPS) is 11.9. The van der Waals surface area contributed by atoms with Crippen LogP contribution in [0.4, 0.5) is 0 Å². The summed E-state index contributed by atoms with van der Waals surface area (Å²) in [4.78, 5) is 0. The third-order valence-corrected chi connectivity index (χ3v) is 8.78. The van der Waals surface area contributed by atoms with Crippen LogP contribution in [0.2, 0.25) is 19.0 Å². The summed E-state index contributed by atoms with van der Waals surface area (Å²) in [5.74, 6) is 0. The standard InChI is InChI=1S/C18H32B.C16H36N/c1-4-7-15-19(16-8-5-2,17-9-6-3)18-13-11-10-12-14-18;1-5-9-13-17(14-10-6-2,15-11-7-3)16-12-8-4/h10-14H,4-9,15-17H2,1-3H3;5-16H2,1-4H3/q-1;+1. The number of benzene rings is 1. The summed E-state index contributed by atoms with van der Waals surface area (Å²) in [6.07, 6.45) is 23.2. The lowest BCUT2D eigenvalue weighted by Crippen LogP contribution is -2.50. The maximum absolute atomic E-state index is 2.39. The molecule has 0 saturated carbocycles. The van der Waals surface area contributed by atoms with E-state index in [1.165, 1.54) is 140 Å². The van der Waals surface area contributed by atoms with Gasteiger partial charge in [0.05, 0.1) is 26.2 Å². The van der Waals surface area contributed by atoms with Gasteiger partial charge in [0, 0.05) is 6.15 Å². The van der Waals surface area contributed by atoms with Crippen molar-refractivity contribution in [2.45, 2.75) is 157 Å². The number of unbranched alkanes of at least 4 members (excludes halogenated alkanes) is 7. The van der Waals surface area contributed by atoms with Crippen LogP contribution in [0.25, 0.3) is 0 Å². The van der Waals surface area contributed by atoms with Crippen molar-refractivity contribution >= 4 is 11.6 Å². The average Bonchev–Trinajstić information content (AvgIpc) is 2.93. The lowest BCUT2D eigenvalue weighted by Gasteiger charge is -2.41. The van der Waals surface area contributed by atoms with Crippen LogP contribution in [0.3, 0.4) is 0 Å². The Morgan fingerprint density at radius 1 is 0.444 bits per heavy atom. The minimum Gasteiger partial charge on any atom is -0.324 e. The predicted octanol–water partition coefficient (Wildman–Crippen LogP) is 10.7. The Morgan fingerprint density at radius 3 is 1.03 bits per heavy atom. The Labute approximate surface area is 229 Å². The molecule has 0 saturated heterocycles. The van der Waals surface area contributed by atoms with E-state index in [-0.39, 0.29) is 6.15 Å². The molecular formula is C34H68BN. The van der Waals surface area contributed by atoms with E-state index in [4.69, 9.17) is 0 Å². The summed E-state index contributed by atoms with van der Waals surface area (Å²) in [5.41, 5.74) is 1.65. The second-order valence-electron chi connectivity index (χ2n) is 12.0. The Hall–Kier alpha value is -0.755. The van der Waals surface area contributed by atoms with Crippen LogP contribution in [0.5, 0.6) is 0 Å². The lowest BCUT2D eigenvalue weighted by atomic mass is 9.16. The number of hydrogen-bond acceptors (Lipinski definition) is 0. The summed E-state index contributed by atoms with van der Waals surface area (Å²) >= 11 is 0. The van der Waals surface area contributed by atoms with Crippen molar-refractivity contribution < 1.29 is 4.48 Å². The molecular weight excluding hydrogens is 433 g/mol. The first-order valence-electron chi connectivity index (χ1n) is 16.6. The summed E-state index contributed by atoms with van der Waals surface area (Å²) in [6.45, 7) is 22.0. The predicted molar refractivity (Wildman–Crippen MR) is 170 cm³/mol. The number of nitrogens with zero attached hydrogens (tertiary/aromatic N) is 1. The van der Waals surface area contributed by atoms with E-state index in [2.05, 4.69) is 78.8 Å². The molecule has 0 amide bonds. The molecule has 0 fully saturated rings. The largest absolute Gasteiger partial charge is 0.324 e. The lowest BCUT2D eigenvalue weighted by molar-refractivity contribution is -0.929. The third-order valence-electron chi connectivity index (χ3n) is 8.78. The minimum atomic E-state index is -0.309. The maximum atomic E-state index is 2.39. The molecule has 0 bridgehead atoms. The van der Waals surface area contributed by atoms with E-state index in [1.807, 2.05) is 0 Å². The molecule has 0 spiro atoms. The molecule has 1 aromatic rings. The van der Waals surface area contributed by atoms with Gasteiger partial charge in [-0.2, -0.15) is 19.0 Å². The molecule has 0 aromatic heterocycles. The van der Waals surface area contributed by atoms with Gasteiger partial charge in [-0.15, -0.1) is 0 Å². The van der Waals surface area contributed by atoms with Gasteiger partial charge in [-0.05, 0) is 25.7 Å². The summed E-state index contributed by atoms with van der Waals surface area (Å²) in [6, 6.07) is 11.4. The molecule has 2 heteroatoms. The highest BCUT2D eigenvalue weighted by Gasteiger charge is 2.25. The average molecular weight is 502 g/mol. The number of quaternary nitrogens is 1. The molecule has 0 aliphatic rings. The van der Waals surface area contributed by atoms with E-state index < -0.39 is 0 Å². The Morgan fingerprint density at radius 2 is 0.750 bits per heavy atom. The van der Waals surface area contributed by atoms with Crippen LogP contribution in [-0.4, -0.2) is 36.8 Å². The molecule has 0 aliphatic heterocycles. The highest BCUT2D eigenvalue weighted by molar-refractivity contribution is 6.91. The Kier molecular flexibility index (Phi) is 22.9. The number of hydrogen-bond donors (Lipinski definition) is 0. The van der Waals surface area contributed by atoms with Crippen molar-refractivity contribution in [1.29, 1.82) is 0 Å². The van der Waals surface area contributed by atoms with E-state index in [1.54, 1.807) is 5.46 Å². The molecule has 0 aliphatic carbocycles. The monoisotopic (exact) mass is 502 g/mol. The van der Waals surface area contributed by atoms with E-state index in [0.717, 1.165) is 0 Å². The molecule has 212 valence electrons. The van der Waals surface area contributed by atoms with Gasteiger partial charge in [0.25, 0.3) is 0 Å². The highest BCUT2D eigenvalue weighted by Crippen LogP contribution is 2.28. The van der Waals surface area contributed by atoms with Gasteiger partial charge in [-0.3, -0.25) is 0 Å². The molecule has 1 nitrogen and oxygen atoms in total. The zero-order chi connectivity index (χ0) is 27.0. The van der Waals surface area contributed by atoms with Gasteiger partial charge in [0.2, 0.25) is 0 Å². The van der Waals surface area contributed by atoms with Crippen molar-refractivity contribution in [3.63, 3.8) is 0 Å². The SMILES string of the molecule is CCCC[B-](CCCC)(CCCC)c1ccccc1.CCCC[N+](CCCC)(CCCC)CCCC. The minimum absolute atomic E-state index is 0.309. The quantitative estimate of drug-likeness (QED) is 0.109. The van der Waals surface area contributed by atoms with Gasteiger partial charge in [-0.1, -0.05) is 143 Å². The van der Waals surface area contributed by atoms with Crippen LogP contribution >= 0.6 is 0 Å². The van der Waals surface area contributed by atoms with Crippen LogP contribution in [0, 0.1) is 0 Å². The Bertz CT molecular complexity index is 511. The van der Waals surface area contributed by atoms with Crippen molar-refractivity contribution in [1.82, 2.24) is 0 Å². The van der Waals surface area contributed by atoms with E-state index in [9.17, 15) is 0 Å². The second kappa shape index (κ2) is 23.4. The maximum Gasteiger partial charge on any atom is 0.0786 e. The fourth-order valence-electron chi connectivity index (χ4n) is 6.22. The first-order valence-corrected chi connectivity index (χ1v) is 16.6. The number of rotatable bonds is 22. The van der Waals surface area contributed by atoms with Crippen LogP contribution in [0.1, 0.15) is 138 Å². The van der Waals surface area contributed by atoms with Gasteiger partial charge in [0.15, 0.2) is 0 Å². The molecule has 0 heterocycles. The first-order chi connectivity index (χ1) is 17.5. The third kappa shape index (κ3) is 14.9. The van der Waals surface area contributed by atoms with E-state index in [0.29, 0.717) is 0 Å². The molecule has 0 unspecified atom stereocenters. The Balaban J connectivity index is 0.000000686. The molecule has 0 atom stereocenters. The van der Waals surface area contributed by atoms with Gasteiger partial charge in [0.1, 0.15) is 0 Å². The first kappa shape index (κ1) is 35.2. The highest BCUT2D eigenvalue weighted by atomic mass is 15.3. The molecule has 0 radical (unpaired) electrons. The fraction of sp³-hybridized carbons (Fsp3) is 0.824. The van der Waals surface area contributed by atoms with Crippen LogP contribution < -0.4 is 5.46 Å². The van der Waals surface area contributed by atoms with Crippen LogP contribution in [-0.2, 0) is 0 Å². The van der Waals surface area contributed by atoms with E-state index >= 15 is 0 Å². The topological polar surface area (TPSA) is 0 Å². The van der Waals surface area contributed by atoms with Crippen molar-refractivity contribution in [2.75, 3.05) is 26.2 Å². The molecule has 1 rings (SSSR count). The summed E-state index contributed by atoms with van der Waals surface area (Å²) in [5, 5.41) is 0. The second-order valence-corrected chi connectivity index (χ2v) is 12.0. The summed E-state index contributed by atoms with van der Waals surface area (Å²) in [7, 11) is 0. The van der Waals surface area contributed by atoms with Crippen molar-refractivity contribution in [3.05, 3.63) is 30.3 Å². The van der Waals surface area contributed by atoms with Gasteiger partial charge >= 0.3 is 0 Å². The molecule has 0 N–H and O–H groups in total. The summed E-state index contributed by atoms with van der Waals surface area (Å²) < 4.78 is 1.42. The fourth-order valence-corrected chi connectivity index (χ4v) is 6.22. The zero-order valence-corrected chi connectivity index (χ0v) is 26.3. The van der Waals surface area contributed by atoms with Crippen molar-refractivity contribution in [3.8, 4) is 0 Å². The van der Waals surface area contributed by atoms with Crippen molar-refractivity contribution in [2.24, 2.45) is 0 Å². The smallest absolute Gasteiger partial charge is 0.0786 e. The molecule has 36 heavy (non-hydrogen) atoms. The zero-order valence-electron chi connectivity index (χ0n) is 26.3. The van der Waals surface area contributed by atoms with Gasteiger partial charge in [-0.25, -0.2) is 5.46 Å². The van der Waals surface area contributed by atoms with Crippen LogP contribution in [0.15, 0.2) is 30.3 Å².